The molecular formula is C17H26N2S. The Hall–Kier alpha value is -0.980. The number of hydrogen-bond donors (Lipinski definition) is 1. The van der Waals surface area contributed by atoms with E-state index in [-0.39, 0.29) is 6.04 Å². The van der Waals surface area contributed by atoms with Crippen LogP contribution in [0.3, 0.4) is 0 Å². The molecule has 0 heterocycles. The molecule has 0 aliphatic carbocycles. The molecule has 0 saturated carbocycles. The maximum atomic E-state index is 9.76. The van der Waals surface area contributed by atoms with E-state index in [2.05, 4.69) is 32.2 Å². The minimum absolute atomic E-state index is 0.283. The fourth-order valence-corrected chi connectivity index (χ4v) is 3.41. The van der Waals surface area contributed by atoms with Crippen molar-refractivity contribution in [3.8, 4) is 6.07 Å². The molecule has 20 heavy (non-hydrogen) atoms. The van der Waals surface area contributed by atoms with E-state index in [9.17, 15) is 5.26 Å². The highest BCUT2D eigenvalue weighted by molar-refractivity contribution is 7.99. The Morgan fingerprint density at radius 1 is 1.25 bits per heavy atom. The van der Waals surface area contributed by atoms with Crippen molar-refractivity contribution in [1.82, 2.24) is 5.32 Å². The molecule has 0 radical (unpaired) electrons. The van der Waals surface area contributed by atoms with E-state index in [1.165, 1.54) is 19.3 Å². The number of benzene rings is 1. The number of unbranched alkanes of at least 4 members (excludes halogenated alkanes) is 2. The summed E-state index contributed by atoms with van der Waals surface area (Å²) in [5.41, 5.74) is 0.492. The summed E-state index contributed by atoms with van der Waals surface area (Å²) >= 11 is 1.88. The predicted molar refractivity (Wildman–Crippen MR) is 88.9 cm³/mol. The summed E-state index contributed by atoms with van der Waals surface area (Å²) in [6.07, 6.45) is 3.75. The van der Waals surface area contributed by atoms with Crippen molar-refractivity contribution < 1.29 is 0 Å². The van der Waals surface area contributed by atoms with Gasteiger partial charge in [0.25, 0.3) is 0 Å². The molecule has 1 rings (SSSR count). The summed E-state index contributed by atoms with van der Waals surface area (Å²) < 4.78 is 0. The Morgan fingerprint density at radius 2 is 1.95 bits per heavy atom. The van der Waals surface area contributed by atoms with Crippen LogP contribution in [0.2, 0.25) is 0 Å². The number of hydrogen-bond acceptors (Lipinski definition) is 3. The number of rotatable bonds is 9. The summed E-state index contributed by atoms with van der Waals surface area (Å²) in [4.78, 5) is 0. The lowest BCUT2D eigenvalue weighted by Gasteiger charge is -2.30. The minimum Gasteiger partial charge on any atom is -0.293 e. The maximum Gasteiger partial charge on any atom is 0.141 e. The molecular weight excluding hydrogens is 264 g/mol. The fraction of sp³-hybridized carbons (Fsp3) is 0.588. The van der Waals surface area contributed by atoms with Gasteiger partial charge in [-0.05, 0) is 31.6 Å². The van der Waals surface area contributed by atoms with Crippen LogP contribution < -0.4 is 5.32 Å². The number of nitriles is 1. The van der Waals surface area contributed by atoms with E-state index in [4.69, 9.17) is 0 Å². The average Bonchev–Trinajstić information content (AvgIpc) is 2.46. The number of nitrogens with zero attached hydrogens (tertiary/aromatic N) is 1. The van der Waals surface area contributed by atoms with Crippen molar-refractivity contribution in [3.63, 3.8) is 0 Å². The monoisotopic (exact) mass is 290 g/mol. The van der Waals surface area contributed by atoms with Crippen LogP contribution in [0, 0.1) is 11.3 Å². The normalized spacial score (nSPS) is 13.9. The molecule has 110 valence electrons. The third kappa shape index (κ3) is 5.19. The van der Waals surface area contributed by atoms with E-state index in [1.807, 2.05) is 42.1 Å². The van der Waals surface area contributed by atoms with Gasteiger partial charge in [0.2, 0.25) is 0 Å². The minimum atomic E-state index is -0.577. The fourth-order valence-electron chi connectivity index (χ4n) is 2.23. The van der Waals surface area contributed by atoms with Crippen molar-refractivity contribution in [2.75, 3.05) is 11.5 Å². The lowest BCUT2D eigenvalue weighted by atomic mass is 9.92. The molecule has 0 amide bonds. The Morgan fingerprint density at radius 3 is 2.50 bits per heavy atom. The van der Waals surface area contributed by atoms with Crippen LogP contribution in [-0.2, 0) is 5.54 Å². The van der Waals surface area contributed by atoms with Gasteiger partial charge in [0.15, 0.2) is 0 Å². The van der Waals surface area contributed by atoms with E-state index in [0.717, 1.165) is 17.1 Å². The zero-order chi connectivity index (χ0) is 14.8. The zero-order valence-corrected chi connectivity index (χ0v) is 13.7. The summed E-state index contributed by atoms with van der Waals surface area (Å²) in [5.74, 6) is 1.93. The van der Waals surface area contributed by atoms with E-state index in [0.29, 0.717) is 0 Å². The summed E-state index contributed by atoms with van der Waals surface area (Å²) in [7, 11) is 0. The van der Waals surface area contributed by atoms with Crippen LogP contribution >= 0.6 is 11.8 Å². The SMILES string of the molecule is CCCCCSCC(C#N)(NC(C)C)c1ccccc1. The van der Waals surface area contributed by atoms with E-state index < -0.39 is 5.54 Å². The largest absolute Gasteiger partial charge is 0.293 e. The summed E-state index contributed by atoms with van der Waals surface area (Å²) in [6, 6.07) is 12.9. The molecule has 1 atom stereocenters. The smallest absolute Gasteiger partial charge is 0.141 e. The van der Waals surface area contributed by atoms with Crippen LogP contribution in [0.1, 0.15) is 45.6 Å². The van der Waals surface area contributed by atoms with Gasteiger partial charge in [-0.15, -0.1) is 0 Å². The van der Waals surface area contributed by atoms with Gasteiger partial charge in [0, 0.05) is 11.8 Å². The van der Waals surface area contributed by atoms with Crippen LogP contribution in [0.5, 0.6) is 0 Å². The zero-order valence-electron chi connectivity index (χ0n) is 12.9. The highest BCUT2D eigenvalue weighted by Crippen LogP contribution is 2.26. The average molecular weight is 290 g/mol. The van der Waals surface area contributed by atoms with Crippen LogP contribution in [0.15, 0.2) is 30.3 Å². The van der Waals surface area contributed by atoms with Crippen molar-refractivity contribution in [2.45, 2.75) is 51.6 Å². The second-order valence-electron chi connectivity index (χ2n) is 5.44. The van der Waals surface area contributed by atoms with Crippen LogP contribution in [-0.4, -0.2) is 17.5 Å². The molecule has 3 heteroatoms. The Labute approximate surface area is 128 Å². The number of nitrogens with one attached hydrogen (secondary N) is 1. The molecule has 1 aromatic carbocycles. The first kappa shape index (κ1) is 17.1. The first-order valence-corrected chi connectivity index (χ1v) is 8.62. The Bertz CT molecular complexity index is 411. The molecule has 0 aliphatic heterocycles. The highest BCUT2D eigenvalue weighted by atomic mass is 32.2. The van der Waals surface area contributed by atoms with Gasteiger partial charge >= 0.3 is 0 Å². The van der Waals surface area contributed by atoms with Crippen molar-refractivity contribution in [1.29, 1.82) is 5.26 Å². The van der Waals surface area contributed by atoms with E-state index >= 15 is 0 Å². The lowest BCUT2D eigenvalue weighted by molar-refractivity contribution is 0.425. The molecule has 0 fully saturated rings. The first-order valence-electron chi connectivity index (χ1n) is 7.47. The lowest BCUT2D eigenvalue weighted by Crippen LogP contribution is -2.47. The van der Waals surface area contributed by atoms with Crippen molar-refractivity contribution >= 4 is 11.8 Å². The first-order chi connectivity index (χ1) is 9.64. The molecule has 0 aliphatic rings. The third-order valence-corrected chi connectivity index (χ3v) is 4.42. The van der Waals surface area contributed by atoms with Gasteiger partial charge < -0.3 is 0 Å². The van der Waals surface area contributed by atoms with Crippen molar-refractivity contribution in [3.05, 3.63) is 35.9 Å². The summed E-state index contributed by atoms with van der Waals surface area (Å²) in [5, 5.41) is 13.2. The molecule has 1 unspecified atom stereocenters. The van der Waals surface area contributed by atoms with Gasteiger partial charge in [-0.3, -0.25) is 5.32 Å². The second kappa shape index (κ2) is 9.05. The molecule has 1 N–H and O–H groups in total. The third-order valence-electron chi connectivity index (χ3n) is 3.20. The maximum absolute atomic E-state index is 9.76. The standard InChI is InChI=1S/C17H26N2S/c1-4-5-9-12-20-14-17(13-18,19-15(2)3)16-10-7-6-8-11-16/h6-8,10-11,15,19H,4-5,9,12,14H2,1-3H3. The highest BCUT2D eigenvalue weighted by Gasteiger charge is 2.32. The molecule has 0 saturated heterocycles. The van der Waals surface area contributed by atoms with Gasteiger partial charge in [0.1, 0.15) is 5.54 Å². The molecule has 2 nitrogen and oxygen atoms in total. The van der Waals surface area contributed by atoms with Gasteiger partial charge in [-0.2, -0.15) is 17.0 Å². The number of thioether (sulfide) groups is 1. The molecule has 0 aromatic heterocycles. The van der Waals surface area contributed by atoms with Gasteiger partial charge in [0.05, 0.1) is 6.07 Å². The molecule has 0 spiro atoms. The van der Waals surface area contributed by atoms with Crippen LogP contribution in [0.4, 0.5) is 0 Å². The Kier molecular flexibility index (Phi) is 7.72. The van der Waals surface area contributed by atoms with Gasteiger partial charge in [-0.1, -0.05) is 50.1 Å². The molecule has 1 aromatic rings. The topological polar surface area (TPSA) is 35.8 Å². The van der Waals surface area contributed by atoms with Gasteiger partial charge in [-0.25, -0.2) is 0 Å². The molecule has 0 bridgehead atoms. The van der Waals surface area contributed by atoms with Crippen molar-refractivity contribution in [2.24, 2.45) is 0 Å². The Balaban J connectivity index is 2.76. The van der Waals surface area contributed by atoms with Crippen LogP contribution in [0.25, 0.3) is 0 Å². The predicted octanol–water partition coefficient (Wildman–Crippen LogP) is 4.33. The second-order valence-corrected chi connectivity index (χ2v) is 6.55. The van der Waals surface area contributed by atoms with E-state index in [1.54, 1.807) is 0 Å². The summed E-state index contributed by atoms with van der Waals surface area (Å²) in [6.45, 7) is 6.40. The quantitative estimate of drug-likeness (QED) is 0.688.